The third-order valence-electron chi connectivity index (χ3n) is 2.69. The fraction of sp³-hybridized carbons (Fsp3) is 0.375. The fourth-order valence-corrected chi connectivity index (χ4v) is 2.49. The summed E-state index contributed by atoms with van der Waals surface area (Å²) in [5.41, 5.74) is 1.95. The van der Waals surface area contributed by atoms with E-state index in [1.54, 1.807) is 25.1 Å². The minimum Gasteiger partial charge on any atom is -0.390 e. The Balaban J connectivity index is 2.36. The average molecular weight is 342 g/mol. The second-order valence-electron chi connectivity index (χ2n) is 5.06. The largest absolute Gasteiger partial charge is 0.390 e. The van der Waals surface area contributed by atoms with Crippen LogP contribution < -0.4 is 5.32 Å². The minimum atomic E-state index is -0.689. The molecule has 1 rings (SSSR count). The molecule has 1 aromatic rings. The van der Waals surface area contributed by atoms with Gasteiger partial charge in [0.15, 0.2) is 0 Å². The van der Waals surface area contributed by atoms with Gasteiger partial charge in [-0.1, -0.05) is 35.4 Å². The van der Waals surface area contributed by atoms with Crippen LogP contribution in [0.3, 0.4) is 0 Å². The van der Waals surface area contributed by atoms with Crippen LogP contribution in [0, 0.1) is 0 Å². The third kappa shape index (κ3) is 7.52. The second kappa shape index (κ2) is 9.54. The predicted octanol–water partition coefficient (Wildman–Crippen LogP) is 3.54. The summed E-state index contributed by atoms with van der Waals surface area (Å²) >= 11 is 6.92. The van der Waals surface area contributed by atoms with Crippen LogP contribution in [0.25, 0.3) is 0 Å². The van der Waals surface area contributed by atoms with Gasteiger partial charge in [0, 0.05) is 5.02 Å². The summed E-state index contributed by atoms with van der Waals surface area (Å²) in [7, 11) is 0. The van der Waals surface area contributed by atoms with Crippen molar-refractivity contribution in [3.05, 3.63) is 46.5 Å². The van der Waals surface area contributed by atoms with E-state index >= 15 is 0 Å². The number of hydrogen-bond donors (Lipinski definition) is 1. The molecular weight excluding hydrogens is 322 g/mol. The molecule has 120 valence electrons. The highest BCUT2D eigenvalue weighted by Crippen LogP contribution is 2.11. The highest BCUT2D eigenvalue weighted by Gasteiger charge is 2.17. The van der Waals surface area contributed by atoms with Crippen molar-refractivity contribution in [3.8, 4) is 0 Å². The molecule has 4 nitrogen and oxygen atoms in total. The molecule has 0 spiro atoms. The van der Waals surface area contributed by atoms with Gasteiger partial charge in [-0.3, -0.25) is 4.79 Å². The predicted molar refractivity (Wildman–Crippen MR) is 90.7 cm³/mol. The van der Waals surface area contributed by atoms with Gasteiger partial charge in [0.1, 0.15) is 6.04 Å². The molecule has 0 fully saturated rings. The molecule has 0 heterocycles. The standard InChI is InChI=1S/C16H20ClNO3S/c1-11(2)7-8-22-21-16(20)12(3)18-15(19)10-13-5-4-6-14(17)9-13/h4-7,9,12H,8,10H2,1-3H3,(H,18,19)/t12-/m0/s1. The maximum atomic E-state index is 11.9. The molecule has 0 radical (unpaired) electrons. The molecular formula is C16H20ClNO3S. The molecule has 0 aliphatic carbocycles. The first-order valence-electron chi connectivity index (χ1n) is 6.89. The Morgan fingerprint density at radius 2 is 2.14 bits per heavy atom. The summed E-state index contributed by atoms with van der Waals surface area (Å²) in [5.74, 6) is -0.121. The van der Waals surface area contributed by atoms with Gasteiger partial charge in [0.05, 0.1) is 24.2 Å². The second-order valence-corrected chi connectivity index (χ2v) is 6.24. The summed E-state index contributed by atoms with van der Waals surface area (Å²) in [4.78, 5) is 23.6. The zero-order valence-electron chi connectivity index (χ0n) is 12.9. The lowest BCUT2D eigenvalue weighted by molar-refractivity contribution is -0.137. The number of carbonyl (C=O) groups is 2. The van der Waals surface area contributed by atoms with Crippen LogP contribution >= 0.6 is 23.6 Å². The zero-order chi connectivity index (χ0) is 16.5. The molecule has 22 heavy (non-hydrogen) atoms. The van der Waals surface area contributed by atoms with Gasteiger partial charge in [0.25, 0.3) is 0 Å². The first-order chi connectivity index (χ1) is 10.4. The molecule has 0 unspecified atom stereocenters. The quantitative estimate of drug-likeness (QED) is 0.468. The summed E-state index contributed by atoms with van der Waals surface area (Å²) in [5, 5.41) is 3.19. The highest BCUT2D eigenvalue weighted by molar-refractivity contribution is 7.95. The van der Waals surface area contributed by atoms with Crippen molar-refractivity contribution >= 4 is 35.5 Å². The Morgan fingerprint density at radius 3 is 2.77 bits per heavy atom. The molecule has 1 N–H and O–H groups in total. The number of allylic oxidation sites excluding steroid dienone is 1. The smallest absolute Gasteiger partial charge is 0.340 e. The number of benzene rings is 1. The van der Waals surface area contributed by atoms with E-state index in [-0.39, 0.29) is 12.3 Å². The third-order valence-corrected chi connectivity index (χ3v) is 3.51. The van der Waals surface area contributed by atoms with Crippen LogP contribution in [0.2, 0.25) is 5.02 Å². The van der Waals surface area contributed by atoms with E-state index in [2.05, 4.69) is 5.32 Å². The first-order valence-corrected chi connectivity index (χ1v) is 8.18. The fourth-order valence-electron chi connectivity index (χ4n) is 1.55. The van der Waals surface area contributed by atoms with Crippen molar-refractivity contribution in [1.82, 2.24) is 5.32 Å². The van der Waals surface area contributed by atoms with Gasteiger partial charge < -0.3 is 9.50 Å². The van der Waals surface area contributed by atoms with E-state index in [0.29, 0.717) is 10.8 Å². The van der Waals surface area contributed by atoms with E-state index in [1.165, 1.54) is 0 Å². The van der Waals surface area contributed by atoms with Crippen molar-refractivity contribution in [3.63, 3.8) is 0 Å². The Bertz CT molecular complexity index is 556. The Labute approximate surface area is 140 Å². The van der Waals surface area contributed by atoms with E-state index in [1.807, 2.05) is 26.0 Å². The molecule has 1 aromatic carbocycles. The topological polar surface area (TPSA) is 55.4 Å². The van der Waals surface area contributed by atoms with Gasteiger partial charge >= 0.3 is 5.97 Å². The molecule has 6 heteroatoms. The van der Waals surface area contributed by atoms with E-state index in [4.69, 9.17) is 15.8 Å². The molecule has 0 saturated carbocycles. The lowest BCUT2D eigenvalue weighted by Crippen LogP contribution is -2.39. The number of carbonyl (C=O) groups excluding carboxylic acids is 2. The van der Waals surface area contributed by atoms with Gasteiger partial charge in [-0.05, 0) is 38.5 Å². The molecule has 0 aliphatic rings. The SMILES string of the molecule is CC(C)=CCSOC(=O)[C@H](C)NC(=O)Cc1cccc(Cl)c1. The van der Waals surface area contributed by atoms with Gasteiger partial charge in [0.2, 0.25) is 5.91 Å². The van der Waals surface area contributed by atoms with Gasteiger partial charge in [-0.2, -0.15) is 0 Å². The molecule has 0 saturated heterocycles. The maximum absolute atomic E-state index is 11.9. The van der Waals surface area contributed by atoms with E-state index in [0.717, 1.165) is 23.2 Å². The van der Waals surface area contributed by atoms with Crippen LogP contribution in [-0.2, 0) is 20.2 Å². The number of nitrogens with one attached hydrogen (secondary N) is 1. The van der Waals surface area contributed by atoms with Gasteiger partial charge in [-0.25, -0.2) is 4.79 Å². The summed E-state index contributed by atoms with van der Waals surface area (Å²) < 4.78 is 5.02. The molecule has 0 aliphatic heterocycles. The minimum absolute atomic E-state index is 0.170. The van der Waals surface area contributed by atoms with Crippen molar-refractivity contribution in [2.24, 2.45) is 0 Å². The molecule has 0 aromatic heterocycles. The normalized spacial score (nSPS) is 11.5. The molecule has 1 amide bonds. The Hall–Kier alpha value is -1.46. The van der Waals surface area contributed by atoms with Crippen molar-refractivity contribution in [2.45, 2.75) is 33.2 Å². The number of amides is 1. The number of halogens is 1. The Morgan fingerprint density at radius 1 is 1.41 bits per heavy atom. The van der Waals surface area contributed by atoms with Gasteiger partial charge in [-0.15, -0.1) is 0 Å². The van der Waals surface area contributed by atoms with Crippen LogP contribution in [0.15, 0.2) is 35.9 Å². The average Bonchev–Trinajstić information content (AvgIpc) is 2.42. The van der Waals surface area contributed by atoms with Crippen LogP contribution in [-0.4, -0.2) is 23.7 Å². The van der Waals surface area contributed by atoms with Crippen LogP contribution in [0.5, 0.6) is 0 Å². The lowest BCUT2D eigenvalue weighted by Gasteiger charge is -2.12. The first kappa shape index (κ1) is 18.6. The molecule has 0 bridgehead atoms. The summed E-state index contributed by atoms with van der Waals surface area (Å²) in [6, 6.07) is 6.36. The van der Waals surface area contributed by atoms with Crippen LogP contribution in [0.1, 0.15) is 26.3 Å². The number of rotatable bonds is 7. The van der Waals surface area contributed by atoms with Crippen molar-refractivity contribution < 1.29 is 13.8 Å². The summed E-state index contributed by atoms with van der Waals surface area (Å²) in [6.45, 7) is 5.54. The van der Waals surface area contributed by atoms with E-state index < -0.39 is 12.0 Å². The van der Waals surface area contributed by atoms with E-state index in [9.17, 15) is 9.59 Å². The molecule has 1 atom stereocenters. The van der Waals surface area contributed by atoms with Crippen molar-refractivity contribution in [1.29, 1.82) is 0 Å². The number of hydrogen-bond acceptors (Lipinski definition) is 4. The Kier molecular flexibility index (Phi) is 8.06. The van der Waals surface area contributed by atoms with Crippen LogP contribution in [0.4, 0.5) is 0 Å². The zero-order valence-corrected chi connectivity index (χ0v) is 14.5. The maximum Gasteiger partial charge on any atom is 0.340 e. The monoisotopic (exact) mass is 341 g/mol. The highest BCUT2D eigenvalue weighted by atomic mass is 35.5. The summed E-state index contributed by atoms with van der Waals surface area (Å²) in [6.07, 6.45) is 2.13. The van der Waals surface area contributed by atoms with Crippen molar-refractivity contribution in [2.75, 3.05) is 5.75 Å². The lowest BCUT2D eigenvalue weighted by atomic mass is 10.1.